The molecule has 36 heavy (non-hydrogen) atoms. The minimum atomic E-state index is -0.951. The van der Waals surface area contributed by atoms with E-state index in [4.69, 9.17) is 16.3 Å². The van der Waals surface area contributed by atoms with E-state index in [1.807, 2.05) is 31.4 Å². The number of fused-ring (bicyclic) bond motifs is 2. The van der Waals surface area contributed by atoms with Crippen LogP contribution in [0.2, 0.25) is 0 Å². The fourth-order valence-corrected chi connectivity index (χ4v) is 9.23. The van der Waals surface area contributed by atoms with Crippen LogP contribution in [0.25, 0.3) is 16.3 Å². The van der Waals surface area contributed by atoms with Crippen LogP contribution < -0.4 is 0 Å². The van der Waals surface area contributed by atoms with Crippen molar-refractivity contribution in [1.29, 1.82) is 0 Å². The van der Waals surface area contributed by atoms with Crippen molar-refractivity contribution in [3.63, 3.8) is 0 Å². The van der Waals surface area contributed by atoms with Crippen LogP contribution >= 0.6 is 11.6 Å². The Morgan fingerprint density at radius 1 is 1.11 bits per heavy atom. The molecule has 2 aliphatic heterocycles. The molecule has 1 aromatic heterocycles. The highest BCUT2D eigenvalue weighted by molar-refractivity contribution is 6.26. The lowest BCUT2D eigenvalue weighted by Gasteiger charge is -2.61. The molecule has 3 fully saturated rings. The number of halogens is 1. The first-order valence-electron chi connectivity index (χ1n) is 13.3. The first-order valence-corrected chi connectivity index (χ1v) is 13.7. The topological polar surface area (TPSA) is 65.8 Å². The van der Waals surface area contributed by atoms with Crippen LogP contribution in [-0.2, 0) is 4.74 Å². The Bertz CT molecular complexity index is 1320. The normalized spacial score (nSPS) is 45.2. The molecule has 2 bridgehead atoms. The van der Waals surface area contributed by atoms with Crippen molar-refractivity contribution in [2.75, 3.05) is 14.1 Å². The third-order valence-electron chi connectivity index (χ3n) is 10.6. The van der Waals surface area contributed by atoms with Crippen molar-refractivity contribution in [2.45, 2.75) is 79.8 Å². The number of pyridine rings is 1. The standard InChI is InChI=1S/C30H35ClN2O3/c1-27-10-12-29(31)15-22-25(34)26(35)23(33(2)3)16-28(22)11-13-30(29,36-28)24(27)8-7-21(27)20-6-4-5-18-17-32-14-9-19(18)20/h4-7,9,14-15,17,23-26,34-35H,8,10-13,16H2,1-3H3/t23-,24?,25+,26+,27+,28+,29?,30-/m0/s1. The Morgan fingerprint density at radius 3 is 2.75 bits per heavy atom. The number of rotatable bonds is 2. The molecule has 2 unspecified atom stereocenters. The van der Waals surface area contributed by atoms with Gasteiger partial charge in [0, 0.05) is 29.7 Å². The number of aliphatic hydroxyl groups excluding tert-OH is 2. The summed E-state index contributed by atoms with van der Waals surface area (Å²) in [7, 11) is 3.94. The van der Waals surface area contributed by atoms with Gasteiger partial charge in [0.25, 0.3) is 0 Å². The van der Waals surface area contributed by atoms with Gasteiger partial charge in [-0.05, 0) is 86.2 Å². The van der Waals surface area contributed by atoms with Crippen molar-refractivity contribution < 1.29 is 14.9 Å². The van der Waals surface area contributed by atoms with E-state index < -0.39 is 28.3 Å². The van der Waals surface area contributed by atoms with E-state index in [1.54, 1.807) is 0 Å². The molecule has 190 valence electrons. The average Bonchev–Trinajstić information content (AvgIpc) is 3.39. The Labute approximate surface area is 217 Å². The monoisotopic (exact) mass is 506 g/mol. The fraction of sp³-hybridized carbons (Fsp3) is 0.567. The van der Waals surface area contributed by atoms with Crippen molar-refractivity contribution in [2.24, 2.45) is 11.3 Å². The number of hydrogen-bond acceptors (Lipinski definition) is 5. The molecule has 1 saturated heterocycles. The summed E-state index contributed by atoms with van der Waals surface area (Å²) < 4.78 is 7.29. The quantitative estimate of drug-likeness (QED) is 0.456. The van der Waals surface area contributed by atoms with E-state index in [-0.39, 0.29) is 17.4 Å². The maximum Gasteiger partial charge on any atom is 0.105 e. The molecule has 7 rings (SSSR count). The lowest BCUT2D eigenvalue weighted by molar-refractivity contribution is -0.199. The molecule has 5 aliphatic rings. The largest absolute Gasteiger partial charge is 0.388 e. The minimum absolute atomic E-state index is 0.0550. The van der Waals surface area contributed by atoms with Gasteiger partial charge in [0.2, 0.25) is 0 Å². The summed E-state index contributed by atoms with van der Waals surface area (Å²) in [6.07, 6.45) is 11.7. The molecule has 0 radical (unpaired) electrons. The number of aromatic nitrogens is 1. The van der Waals surface area contributed by atoms with Gasteiger partial charge in [0.1, 0.15) is 6.10 Å². The average molecular weight is 507 g/mol. The van der Waals surface area contributed by atoms with Crippen molar-refractivity contribution in [1.82, 2.24) is 9.88 Å². The summed E-state index contributed by atoms with van der Waals surface area (Å²) in [5.41, 5.74) is 2.41. The van der Waals surface area contributed by atoms with Crippen LogP contribution in [0.15, 0.2) is 54.4 Å². The Balaban J connectivity index is 1.33. The maximum atomic E-state index is 11.2. The predicted molar refractivity (Wildman–Crippen MR) is 142 cm³/mol. The lowest BCUT2D eigenvalue weighted by Crippen LogP contribution is -2.68. The van der Waals surface area contributed by atoms with E-state index in [9.17, 15) is 10.2 Å². The molecule has 5 nitrogen and oxygen atoms in total. The highest BCUT2D eigenvalue weighted by Crippen LogP contribution is 2.72. The number of hydrogen-bond donors (Lipinski definition) is 2. The molecule has 2 saturated carbocycles. The van der Waals surface area contributed by atoms with E-state index in [0.717, 1.165) is 43.1 Å². The van der Waals surface area contributed by atoms with Crippen LogP contribution in [0.5, 0.6) is 0 Å². The molecule has 3 heterocycles. The highest BCUT2D eigenvalue weighted by atomic mass is 35.5. The minimum Gasteiger partial charge on any atom is -0.388 e. The van der Waals surface area contributed by atoms with E-state index in [2.05, 4.69) is 48.3 Å². The fourth-order valence-electron chi connectivity index (χ4n) is 8.76. The Hall–Kier alpha value is -1.76. The van der Waals surface area contributed by atoms with Crippen LogP contribution in [0.4, 0.5) is 0 Å². The van der Waals surface area contributed by atoms with Crippen molar-refractivity contribution in [3.8, 4) is 0 Å². The number of ether oxygens (including phenoxy) is 1. The first kappa shape index (κ1) is 23.4. The number of nitrogens with zero attached hydrogens (tertiary/aromatic N) is 2. The second-order valence-electron chi connectivity index (χ2n) is 12.3. The summed E-state index contributed by atoms with van der Waals surface area (Å²) in [6, 6.07) is 8.48. The van der Waals surface area contributed by atoms with Crippen LogP contribution in [-0.4, -0.2) is 68.5 Å². The summed E-state index contributed by atoms with van der Waals surface area (Å²) in [5, 5.41) is 24.6. The van der Waals surface area contributed by atoms with Gasteiger partial charge in [-0.15, -0.1) is 11.6 Å². The number of likely N-dealkylation sites (N-methyl/N-ethyl adjacent to an activating group) is 1. The summed E-state index contributed by atoms with van der Waals surface area (Å²) >= 11 is 7.57. The van der Waals surface area contributed by atoms with Gasteiger partial charge in [0.05, 0.1) is 22.2 Å². The molecular weight excluding hydrogens is 472 g/mol. The van der Waals surface area contributed by atoms with E-state index in [0.29, 0.717) is 6.42 Å². The van der Waals surface area contributed by atoms with Gasteiger partial charge in [-0.2, -0.15) is 0 Å². The zero-order chi connectivity index (χ0) is 25.1. The van der Waals surface area contributed by atoms with Gasteiger partial charge in [-0.3, -0.25) is 4.98 Å². The molecule has 8 atom stereocenters. The summed E-state index contributed by atoms with van der Waals surface area (Å²) in [6.45, 7) is 2.41. The molecule has 6 heteroatoms. The third kappa shape index (κ3) is 2.74. The number of benzene rings is 1. The Kier molecular flexibility index (Phi) is 4.82. The Morgan fingerprint density at radius 2 is 1.94 bits per heavy atom. The number of allylic oxidation sites excluding steroid dienone is 2. The molecule has 3 aliphatic carbocycles. The predicted octanol–water partition coefficient (Wildman–Crippen LogP) is 4.70. The smallest absolute Gasteiger partial charge is 0.105 e. The number of aliphatic hydroxyl groups is 2. The molecule has 2 N–H and O–H groups in total. The third-order valence-corrected chi connectivity index (χ3v) is 11.2. The molecule has 1 aromatic carbocycles. The molecule has 2 aromatic rings. The lowest BCUT2D eigenvalue weighted by atomic mass is 9.54. The van der Waals surface area contributed by atoms with Crippen molar-refractivity contribution in [3.05, 3.63) is 59.9 Å². The van der Waals surface area contributed by atoms with Gasteiger partial charge in [-0.1, -0.05) is 37.3 Å². The zero-order valence-corrected chi connectivity index (χ0v) is 22.0. The second-order valence-corrected chi connectivity index (χ2v) is 13.0. The zero-order valence-electron chi connectivity index (χ0n) is 21.2. The maximum absolute atomic E-state index is 11.2. The van der Waals surface area contributed by atoms with Gasteiger partial charge < -0.3 is 19.8 Å². The number of alkyl halides is 1. The highest BCUT2D eigenvalue weighted by Gasteiger charge is 2.73. The van der Waals surface area contributed by atoms with Gasteiger partial charge in [-0.25, -0.2) is 0 Å². The summed E-state index contributed by atoms with van der Waals surface area (Å²) in [5.74, 6) is 0.252. The summed E-state index contributed by atoms with van der Waals surface area (Å²) in [4.78, 5) is 5.68. The second kappa shape index (κ2) is 7.42. The molecule has 0 amide bonds. The van der Waals surface area contributed by atoms with Crippen molar-refractivity contribution >= 4 is 27.9 Å². The van der Waals surface area contributed by atoms with Crippen LogP contribution in [0.3, 0.4) is 0 Å². The van der Waals surface area contributed by atoms with Gasteiger partial charge >= 0.3 is 0 Å². The van der Waals surface area contributed by atoms with Crippen LogP contribution in [0, 0.1) is 11.3 Å². The first-order chi connectivity index (χ1) is 17.1. The molecular formula is C30H35ClN2O3. The van der Waals surface area contributed by atoms with Crippen LogP contribution in [0.1, 0.15) is 51.0 Å². The molecule has 2 spiro atoms. The van der Waals surface area contributed by atoms with E-state index >= 15 is 0 Å². The van der Waals surface area contributed by atoms with Gasteiger partial charge in [0.15, 0.2) is 0 Å². The van der Waals surface area contributed by atoms with E-state index in [1.165, 1.54) is 16.5 Å². The SMILES string of the molecule is CN(C)[C@H]1C[C@@]23CC[C@]4(O2)C2CC=C(c5cccc6cnccc56)[C@@]2(C)CCC4(Cl)C=C3[C@@H](O)[C@@H]1O.